The zero-order valence-corrected chi connectivity index (χ0v) is 11.7. The summed E-state index contributed by atoms with van der Waals surface area (Å²) in [6.45, 7) is 6.74. The molecule has 4 heteroatoms. The number of nitrogens with one attached hydrogen (secondary N) is 1. The zero-order chi connectivity index (χ0) is 13.2. The van der Waals surface area contributed by atoms with Gasteiger partial charge in [-0.3, -0.25) is 0 Å². The molecule has 2 fully saturated rings. The van der Waals surface area contributed by atoms with Crippen LogP contribution in [0.2, 0.25) is 0 Å². The van der Waals surface area contributed by atoms with Gasteiger partial charge in [0, 0.05) is 25.7 Å². The largest absolute Gasteiger partial charge is 0.338 e. The van der Waals surface area contributed by atoms with Crippen molar-refractivity contribution < 1.29 is 4.79 Å². The number of amides is 2. The average Bonchev–Trinajstić information content (AvgIpc) is 2.69. The second-order valence-corrected chi connectivity index (χ2v) is 6.43. The highest BCUT2D eigenvalue weighted by atomic mass is 16.2. The Morgan fingerprint density at radius 3 is 2.56 bits per heavy atom. The van der Waals surface area contributed by atoms with Gasteiger partial charge in [-0.2, -0.15) is 0 Å². The molecule has 0 radical (unpaired) electrons. The van der Waals surface area contributed by atoms with Crippen LogP contribution in [0, 0.1) is 11.3 Å². The smallest absolute Gasteiger partial charge is 0.317 e. The topological polar surface area (TPSA) is 58.4 Å². The minimum Gasteiger partial charge on any atom is -0.338 e. The summed E-state index contributed by atoms with van der Waals surface area (Å²) in [4.78, 5) is 13.9. The molecule has 0 aromatic carbocycles. The van der Waals surface area contributed by atoms with Gasteiger partial charge in [0.05, 0.1) is 0 Å². The van der Waals surface area contributed by atoms with Crippen molar-refractivity contribution in [2.75, 3.05) is 19.6 Å². The number of nitrogens with zero attached hydrogens (tertiary/aromatic N) is 1. The van der Waals surface area contributed by atoms with Gasteiger partial charge in [-0.25, -0.2) is 4.79 Å². The van der Waals surface area contributed by atoms with Crippen LogP contribution >= 0.6 is 0 Å². The molecule has 1 heterocycles. The summed E-state index contributed by atoms with van der Waals surface area (Å²) in [6.07, 6.45) is 5.86. The highest BCUT2D eigenvalue weighted by Crippen LogP contribution is 2.45. The van der Waals surface area contributed by atoms with Crippen molar-refractivity contribution in [1.82, 2.24) is 10.2 Å². The minimum absolute atomic E-state index is 0.102. The Hall–Kier alpha value is -0.770. The fourth-order valence-corrected chi connectivity index (χ4v) is 3.34. The molecule has 4 nitrogen and oxygen atoms in total. The summed E-state index contributed by atoms with van der Waals surface area (Å²) in [5, 5.41) is 3.00. The van der Waals surface area contributed by atoms with Crippen LogP contribution < -0.4 is 11.1 Å². The van der Waals surface area contributed by atoms with Gasteiger partial charge in [0.25, 0.3) is 0 Å². The Labute approximate surface area is 110 Å². The number of carbonyl (C=O) groups is 1. The Morgan fingerprint density at radius 2 is 2.06 bits per heavy atom. The van der Waals surface area contributed by atoms with Crippen LogP contribution in [-0.4, -0.2) is 36.6 Å². The fraction of sp³-hybridized carbons (Fsp3) is 0.929. The molecule has 1 aliphatic heterocycles. The summed E-state index contributed by atoms with van der Waals surface area (Å²) >= 11 is 0. The van der Waals surface area contributed by atoms with E-state index in [0.29, 0.717) is 17.4 Å². The SMILES string of the molecule is CC(C)CNC(=O)N1CCC2(CCCC2N)CC1. The summed E-state index contributed by atoms with van der Waals surface area (Å²) in [5.74, 6) is 0.508. The van der Waals surface area contributed by atoms with Crippen molar-refractivity contribution in [3.8, 4) is 0 Å². The third-order valence-electron chi connectivity index (χ3n) is 4.68. The quantitative estimate of drug-likeness (QED) is 0.790. The number of urea groups is 1. The molecule has 0 bridgehead atoms. The summed E-state index contributed by atoms with van der Waals surface area (Å²) in [6, 6.07) is 0.462. The molecule has 0 aromatic heterocycles. The zero-order valence-electron chi connectivity index (χ0n) is 11.7. The third kappa shape index (κ3) is 2.79. The predicted molar refractivity (Wildman–Crippen MR) is 73.3 cm³/mol. The maximum absolute atomic E-state index is 12.0. The molecule has 2 rings (SSSR count). The molecule has 2 amide bonds. The Balaban J connectivity index is 1.81. The van der Waals surface area contributed by atoms with Crippen LogP contribution in [-0.2, 0) is 0 Å². The molecule has 1 spiro atoms. The molecule has 1 atom stereocenters. The Kier molecular flexibility index (Phi) is 4.15. The van der Waals surface area contributed by atoms with Crippen molar-refractivity contribution >= 4 is 6.03 Å². The Bertz CT molecular complexity index is 295. The molecule has 104 valence electrons. The second-order valence-electron chi connectivity index (χ2n) is 6.43. The first-order valence-corrected chi connectivity index (χ1v) is 7.32. The standard InChI is InChI=1S/C14H27N3O/c1-11(2)10-16-13(18)17-8-6-14(7-9-17)5-3-4-12(14)15/h11-12H,3-10,15H2,1-2H3,(H,16,18). The molecule has 2 aliphatic rings. The number of piperidine rings is 1. The summed E-state index contributed by atoms with van der Waals surface area (Å²) < 4.78 is 0. The normalized spacial score (nSPS) is 26.9. The number of carbonyl (C=O) groups excluding carboxylic acids is 1. The minimum atomic E-state index is 0.102. The van der Waals surface area contributed by atoms with Crippen LogP contribution in [0.1, 0.15) is 46.0 Å². The number of hydrogen-bond donors (Lipinski definition) is 2. The molecular weight excluding hydrogens is 226 g/mol. The lowest BCUT2D eigenvalue weighted by molar-refractivity contribution is 0.108. The Morgan fingerprint density at radius 1 is 1.39 bits per heavy atom. The van der Waals surface area contributed by atoms with E-state index in [4.69, 9.17) is 5.73 Å². The van der Waals surface area contributed by atoms with Crippen molar-refractivity contribution in [1.29, 1.82) is 0 Å². The maximum atomic E-state index is 12.0. The summed E-state index contributed by atoms with van der Waals surface area (Å²) in [7, 11) is 0. The number of hydrogen-bond acceptors (Lipinski definition) is 2. The molecule has 0 aromatic rings. The van der Waals surface area contributed by atoms with E-state index in [1.54, 1.807) is 0 Å². The van der Waals surface area contributed by atoms with E-state index in [0.717, 1.165) is 32.5 Å². The number of rotatable bonds is 2. The van der Waals surface area contributed by atoms with E-state index in [-0.39, 0.29) is 6.03 Å². The maximum Gasteiger partial charge on any atom is 0.317 e. The molecule has 1 saturated heterocycles. The first-order valence-electron chi connectivity index (χ1n) is 7.32. The highest BCUT2D eigenvalue weighted by Gasteiger charge is 2.43. The highest BCUT2D eigenvalue weighted by molar-refractivity contribution is 5.74. The third-order valence-corrected chi connectivity index (χ3v) is 4.68. The number of likely N-dealkylation sites (tertiary alicyclic amines) is 1. The van der Waals surface area contributed by atoms with E-state index in [1.807, 2.05) is 4.90 Å². The van der Waals surface area contributed by atoms with Gasteiger partial charge in [0.15, 0.2) is 0 Å². The van der Waals surface area contributed by atoms with Crippen LogP contribution in [0.3, 0.4) is 0 Å². The lowest BCUT2D eigenvalue weighted by atomic mass is 9.74. The van der Waals surface area contributed by atoms with E-state index in [2.05, 4.69) is 19.2 Å². The lowest BCUT2D eigenvalue weighted by Crippen LogP contribution is -2.51. The van der Waals surface area contributed by atoms with Gasteiger partial charge in [-0.05, 0) is 37.0 Å². The molecule has 1 aliphatic carbocycles. The monoisotopic (exact) mass is 253 g/mol. The van der Waals surface area contributed by atoms with Crippen molar-refractivity contribution in [2.45, 2.75) is 52.0 Å². The summed E-state index contributed by atoms with van der Waals surface area (Å²) in [5.41, 5.74) is 6.59. The van der Waals surface area contributed by atoms with Gasteiger partial charge in [0.2, 0.25) is 0 Å². The lowest BCUT2D eigenvalue weighted by Gasteiger charge is -2.42. The van der Waals surface area contributed by atoms with E-state index >= 15 is 0 Å². The van der Waals surface area contributed by atoms with Crippen LogP contribution in [0.4, 0.5) is 4.79 Å². The van der Waals surface area contributed by atoms with Gasteiger partial charge in [-0.1, -0.05) is 20.3 Å². The molecule has 1 unspecified atom stereocenters. The van der Waals surface area contributed by atoms with E-state index < -0.39 is 0 Å². The second kappa shape index (κ2) is 5.47. The van der Waals surface area contributed by atoms with Crippen molar-refractivity contribution in [3.05, 3.63) is 0 Å². The van der Waals surface area contributed by atoms with E-state index in [1.165, 1.54) is 19.3 Å². The first-order chi connectivity index (χ1) is 8.53. The molecule has 1 saturated carbocycles. The van der Waals surface area contributed by atoms with Gasteiger partial charge in [0.1, 0.15) is 0 Å². The molecular formula is C14H27N3O. The van der Waals surface area contributed by atoms with Gasteiger partial charge in [-0.15, -0.1) is 0 Å². The molecule has 3 N–H and O–H groups in total. The van der Waals surface area contributed by atoms with Crippen molar-refractivity contribution in [3.63, 3.8) is 0 Å². The van der Waals surface area contributed by atoms with Gasteiger partial charge >= 0.3 is 6.03 Å². The van der Waals surface area contributed by atoms with Gasteiger partial charge < -0.3 is 16.0 Å². The van der Waals surface area contributed by atoms with Crippen LogP contribution in [0.15, 0.2) is 0 Å². The number of nitrogens with two attached hydrogens (primary N) is 1. The predicted octanol–water partition coefficient (Wildman–Crippen LogP) is 1.95. The average molecular weight is 253 g/mol. The van der Waals surface area contributed by atoms with E-state index in [9.17, 15) is 4.79 Å². The molecule has 18 heavy (non-hydrogen) atoms. The van der Waals surface area contributed by atoms with Crippen LogP contribution in [0.5, 0.6) is 0 Å². The van der Waals surface area contributed by atoms with Crippen LogP contribution in [0.25, 0.3) is 0 Å². The van der Waals surface area contributed by atoms with Crippen molar-refractivity contribution in [2.24, 2.45) is 17.1 Å². The first kappa shape index (κ1) is 13.7. The fourth-order valence-electron chi connectivity index (χ4n) is 3.34.